The first-order chi connectivity index (χ1) is 9.62. The monoisotopic (exact) mass is 274 g/mol. The van der Waals surface area contributed by atoms with Crippen LogP contribution in [0.4, 0.5) is 0 Å². The Morgan fingerprint density at radius 3 is 2.20 bits per heavy atom. The van der Waals surface area contributed by atoms with Crippen LogP contribution in [0.1, 0.15) is 46.0 Å². The molecule has 3 heteroatoms. The van der Waals surface area contributed by atoms with Crippen LogP contribution in [0.3, 0.4) is 0 Å². The highest BCUT2D eigenvalue weighted by atomic mass is 16.2. The second-order valence-corrected chi connectivity index (χ2v) is 7.36. The molecular weight excluding hydrogens is 248 g/mol. The summed E-state index contributed by atoms with van der Waals surface area (Å²) in [6.45, 7) is 5.30. The van der Waals surface area contributed by atoms with Crippen LogP contribution in [0.2, 0.25) is 0 Å². The smallest absolute Gasteiger partial charge is 0.226 e. The van der Waals surface area contributed by atoms with Crippen molar-refractivity contribution in [3.05, 3.63) is 0 Å². The summed E-state index contributed by atoms with van der Waals surface area (Å²) in [5.74, 6) is 3.67. The van der Waals surface area contributed by atoms with Gasteiger partial charge in [0.05, 0.1) is 12.0 Å². The molecule has 0 aromatic carbocycles. The molecule has 4 bridgehead atoms. The third-order valence-corrected chi connectivity index (χ3v) is 5.92. The first kappa shape index (κ1) is 13.9. The number of carbonyl (C=O) groups is 1. The Morgan fingerprint density at radius 1 is 1.20 bits per heavy atom. The highest BCUT2D eigenvalue weighted by Crippen LogP contribution is 2.56. The summed E-state index contributed by atoms with van der Waals surface area (Å²) in [6, 6.07) is 2.26. The largest absolute Gasteiger partial charge is 0.341 e. The van der Waals surface area contributed by atoms with Crippen LogP contribution in [0.15, 0.2) is 0 Å². The molecule has 110 valence electrons. The third-order valence-electron chi connectivity index (χ3n) is 5.92. The molecule has 0 aromatic heterocycles. The fourth-order valence-electron chi connectivity index (χ4n) is 5.29. The lowest BCUT2D eigenvalue weighted by atomic mass is 9.51. The van der Waals surface area contributed by atoms with E-state index in [1.165, 1.54) is 32.1 Å². The average Bonchev–Trinajstić information content (AvgIpc) is 2.43. The topological polar surface area (TPSA) is 44.1 Å². The second kappa shape index (κ2) is 5.39. The number of hydrogen-bond acceptors (Lipinski definition) is 2. The first-order valence-corrected chi connectivity index (χ1v) is 8.30. The first-order valence-electron chi connectivity index (χ1n) is 8.30. The number of rotatable bonds is 4. The minimum Gasteiger partial charge on any atom is -0.341 e. The molecule has 0 aliphatic heterocycles. The molecule has 3 nitrogen and oxygen atoms in total. The minimum atomic E-state index is -0.0595. The standard InChI is InChI=1S/C17H26N2O/c1-3-19(10-11(2)9-18)17(20)16-14-5-12-4-13(7-14)8-15(16)6-12/h11-16H,3-8,10H2,1-2H3. The van der Waals surface area contributed by atoms with Gasteiger partial charge in [0.2, 0.25) is 5.91 Å². The maximum Gasteiger partial charge on any atom is 0.226 e. The molecule has 4 aliphatic carbocycles. The Bertz CT molecular complexity index is 397. The fraction of sp³-hybridized carbons (Fsp3) is 0.882. The molecule has 1 amide bonds. The van der Waals surface area contributed by atoms with E-state index in [9.17, 15) is 4.79 Å². The summed E-state index contributed by atoms with van der Waals surface area (Å²) in [4.78, 5) is 14.9. The summed E-state index contributed by atoms with van der Waals surface area (Å²) in [6.07, 6.45) is 6.57. The van der Waals surface area contributed by atoms with Crippen LogP contribution in [0, 0.1) is 46.8 Å². The van der Waals surface area contributed by atoms with Crippen molar-refractivity contribution in [2.24, 2.45) is 35.5 Å². The molecule has 0 heterocycles. The van der Waals surface area contributed by atoms with Gasteiger partial charge in [-0.25, -0.2) is 0 Å². The van der Waals surface area contributed by atoms with Gasteiger partial charge in [0.1, 0.15) is 0 Å². The predicted octanol–water partition coefficient (Wildman–Crippen LogP) is 3.07. The molecule has 4 rings (SSSR count). The Morgan fingerprint density at radius 2 is 1.75 bits per heavy atom. The van der Waals surface area contributed by atoms with Gasteiger partial charge in [-0.05, 0) is 69.6 Å². The number of amides is 1. The highest BCUT2D eigenvalue weighted by molar-refractivity contribution is 5.80. The van der Waals surface area contributed by atoms with E-state index in [2.05, 4.69) is 6.07 Å². The minimum absolute atomic E-state index is 0.0595. The van der Waals surface area contributed by atoms with Gasteiger partial charge in [0.15, 0.2) is 0 Å². The van der Waals surface area contributed by atoms with Crippen LogP contribution < -0.4 is 0 Å². The fourth-order valence-corrected chi connectivity index (χ4v) is 5.29. The van der Waals surface area contributed by atoms with Crippen LogP contribution >= 0.6 is 0 Å². The molecule has 0 radical (unpaired) electrons. The lowest BCUT2D eigenvalue weighted by Gasteiger charge is -2.54. The van der Waals surface area contributed by atoms with E-state index in [-0.39, 0.29) is 11.8 Å². The quantitative estimate of drug-likeness (QED) is 0.791. The van der Waals surface area contributed by atoms with Crippen LogP contribution in [0.5, 0.6) is 0 Å². The lowest BCUT2D eigenvalue weighted by Crippen LogP contribution is -2.52. The van der Waals surface area contributed by atoms with E-state index in [1.807, 2.05) is 18.7 Å². The van der Waals surface area contributed by atoms with E-state index >= 15 is 0 Å². The van der Waals surface area contributed by atoms with Gasteiger partial charge in [-0.15, -0.1) is 0 Å². The number of carbonyl (C=O) groups excluding carboxylic acids is 1. The Kier molecular flexibility index (Phi) is 3.75. The predicted molar refractivity (Wildman–Crippen MR) is 77.6 cm³/mol. The number of hydrogen-bond donors (Lipinski definition) is 0. The molecule has 20 heavy (non-hydrogen) atoms. The van der Waals surface area contributed by atoms with Gasteiger partial charge < -0.3 is 4.90 Å². The summed E-state index contributed by atoms with van der Waals surface area (Å²) in [5.41, 5.74) is 0. The Labute approximate surface area is 122 Å². The van der Waals surface area contributed by atoms with Gasteiger partial charge in [-0.2, -0.15) is 5.26 Å². The molecule has 0 saturated heterocycles. The lowest BCUT2D eigenvalue weighted by molar-refractivity contribution is -0.149. The summed E-state index contributed by atoms with van der Waals surface area (Å²) >= 11 is 0. The normalized spacial score (nSPS) is 39.4. The average molecular weight is 274 g/mol. The van der Waals surface area contributed by atoms with Crippen molar-refractivity contribution in [2.45, 2.75) is 46.0 Å². The zero-order chi connectivity index (χ0) is 14.3. The maximum absolute atomic E-state index is 12.9. The van der Waals surface area contributed by atoms with Crippen molar-refractivity contribution < 1.29 is 4.79 Å². The summed E-state index contributed by atoms with van der Waals surface area (Å²) < 4.78 is 0. The van der Waals surface area contributed by atoms with E-state index in [4.69, 9.17) is 5.26 Å². The van der Waals surface area contributed by atoms with Gasteiger partial charge >= 0.3 is 0 Å². The van der Waals surface area contributed by atoms with Crippen LogP contribution in [0.25, 0.3) is 0 Å². The maximum atomic E-state index is 12.9. The van der Waals surface area contributed by atoms with E-state index < -0.39 is 0 Å². The molecular formula is C17H26N2O. The number of nitriles is 1. The van der Waals surface area contributed by atoms with Crippen molar-refractivity contribution in [2.75, 3.05) is 13.1 Å². The SMILES string of the molecule is CCN(CC(C)C#N)C(=O)C1C2CC3CC(C2)CC1C3. The molecule has 1 atom stereocenters. The van der Waals surface area contributed by atoms with E-state index in [0.717, 1.165) is 18.4 Å². The zero-order valence-corrected chi connectivity index (χ0v) is 12.7. The van der Waals surface area contributed by atoms with E-state index in [1.54, 1.807) is 0 Å². The summed E-state index contributed by atoms with van der Waals surface area (Å²) in [5, 5.41) is 8.99. The third kappa shape index (κ3) is 2.34. The van der Waals surface area contributed by atoms with Gasteiger partial charge in [0.25, 0.3) is 0 Å². The Hall–Kier alpha value is -1.04. The number of nitrogens with zero attached hydrogens (tertiary/aromatic N) is 2. The van der Waals surface area contributed by atoms with E-state index in [0.29, 0.717) is 24.3 Å². The molecule has 0 aromatic rings. The molecule has 1 unspecified atom stereocenters. The molecule has 0 spiro atoms. The van der Waals surface area contributed by atoms with Crippen LogP contribution in [-0.2, 0) is 4.79 Å². The van der Waals surface area contributed by atoms with Crippen molar-refractivity contribution >= 4 is 5.91 Å². The molecule has 4 aliphatic rings. The van der Waals surface area contributed by atoms with Gasteiger partial charge in [-0.3, -0.25) is 4.79 Å². The zero-order valence-electron chi connectivity index (χ0n) is 12.7. The molecule has 4 saturated carbocycles. The van der Waals surface area contributed by atoms with Crippen LogP contribution in [-0.4, -0.2) is 23.9 Å². The van der Waals surface area contributed by atoms with Crippen molar-refractivity contribution in [3.8, 4) is 6.07 Å². The Balaban J connectivity index is 1.71. The van der Waals surface area contributed by atoms with Gasteiger partial charge in [-0.1, -0.05) is 0 Å². The van der Waals surface area contributed by atoms with Crippen molar-refractivity contribution in [1.29, 1.82) is 5.26 Å². The molecule has 4 fully saturated rings. The highest BCUT2D eigenvalue weighted by Gasteiger charge is 2.51. The van der Waals surface area contributed by atoms with Crippen molar-refractivity contribution in [3.63, 3.8) is 0 Å². The summed E-state index contributed by atoms with van der Waals surface area (Å²) in [7, 11) is 0. The van der Waals surface area contributed by atoms with Crippen molar-refractivity contribution in [1.82, 2.24) is 4.90 Å². The second-order valence-electron chi connectivity index (χ2n) is 7.36. The molecule has 0 N–H and O–H groups in total. The van der Waals surface area contributed by atoms with Gasteiger partial charge in [0, 0.05) is 19.0 Å².